The molecule has 0 radical (unpaired) electrons. The molecule has 3 rings (SSSR count). The van der Waals surface area contributed by atoms with Gasteiger partial charge in [-0.05, 0) is 54.2 Å². The molecule has 0 saturated carbocycles. The molecule has 0 saturated heterocycles. The molecule has 9 heteroatoms. The zero-order valence-electron chi connectivity index (χ0n) is 24.9. The zero-order valence-corrected chi connectivity index (χ0v) is 24.9. The van der Waals surface area contributed by atoms with Gasteiger partial charge >= 0.3 is 5.97 Å². The quantitative estimate of drug-likeness (QED) is 0.0969. The normalized spacial score (nSPS) is 12.8. The van der Waals surface area contributed by atoms with Gasteiger partial charge in [-0.15, -0.1) is 13.2 Å². The van der Waals surface area contributed by atoms with Gasteiger partial charge in [0.15, 0.2) is 0 Å². The topological polar surface area (TPSA) is 134 Å². The highest BCUT2D eigenvalue weighted by Gasteiger charge is 2.28. The summed E-state index contributed by atoms with van der Waals surface area (Å²) in [5.41, 5.74) is 1.47. The first-order valence-corrected chi connectivity index (χ1v) is 14.7. The van der Waals surface area contributed by atoms with E-state index in [0.717, 1.165) is 16.3 Å². The van der Waals surface area contributed by atoms with Crippen LogP contribution in [0, 0.1) is 5.92 Å². The number of benzene rings is 3. The molecular formula is C35H41N3O6. The van der Waals surface area contributed by atoms with E-state index in [1.165, 1.54) is 6.08 Å². The number of allylic oxidation sites excluding steroid dienone is 2. The summed E-state index contributed by atoms with van der Waals surface area (Å²) in [6, 6.07) is 20.8. The number of amides is 3. The van der Waals surface area contributed by atoms with Gasteiger partial charge in [-0.25, -0.2) is 0 Å². The highest BCUT2D eigenvalue weighted by atomic mass is 16.5. The van der Waals surface area contributed by atoms with Gasteiger partial charge in [0.05, 0.1) is 18.6 Å². The molecule has 0 aliphatic rings. The van der Waals surface area contributed by atoms with Crippen molar-refractivity contribution in [3.8, 4) is 0 Å². The standard InChI is InChI=1S/C35H41N3O6/c1-3-5-7-17-33(41)44-24-31(35(43)37-29-19-18-26-15-10-11-16-27(26)21-29)38-34(42)28(12-4-2)22-32(40)36-30(23-39)20-25-13-8-6-9-14-25/h3-4,6,8-11,13-16,18-19,21,28,30-31,39H,1-2,5,7,12,17,20,22-24H2,(H,36,40)(H,37,43)(H,38,42). The molecule has 3 atom stereocenters. The third-order valence-corrected chi connectivity index (χ3v) is 7.01. The number of carbonyl (C=O) groups excluding carboxylic acids is 4. The Balaban J connectivity index is 1.68. The van der Waals surface area contributed by atoms with Crippen LogP contribution in [0.15, 0.2) is 98.1 Å². The first-order valence-electron chi connectivity index (χ1n) is 14.7. The van der Waals surface area contributed by atoms with Crippen LogP contribution in [0.25, 0.3) is 10.8 Å². The SMILES string of the molecule is C=CCCCC(=O)OCC(NC(=O)C(CC=C)CC(=O)NC(CO)Cc1ccccc1)C(=O)Nc1ccc2ccccc2c1. The molecule has 3 aromatic carbocycles. The van der Waals surface area contributed by atoms with Crippen molar-refractivity contribution >= 4 is 40.2 Å². The molecule has 3 amide bonds. The lowest BCUT2D eigenvalue weighted by atomic mass is 9.98. The zero-order chi connectivity index (χ0) is 31.7. The number of unbranched alkanes of at least 4 members (excludes halogenated alkanes) is 1. The molecule has 0 aliphatic carbocycles. The van der Waals surface area contributed by atoms with Crippen molar-refractivity contribution in [3.05, 3.63) is 104 Å². The number of esters is 1. The molecule has 0 bridgehead atoms. The van der Waals surface area contributed by atoms with E-state index in [4.69, 9.17) is 4.74 Å². The van der Waals surface area contributed by atoms with E-state index in [-0.39, 0.29) is 32.5 Å². The van der Waals surface area contributed by atoms with Crippen LogP contribution in [-0.2, 0) is 30.3 Å². The fourth-order valence-electron chi connectivity index (χ4n) is 4.66. The van der Waals surface area contributed by atoms with Crippen molar-refractivity contribution in [1.29, 1.82) is 0 Å². The molecule has 0 aliphatic heterocycles. The number of ether oxygens (including phenoxy) is 1. The predicted molar refractivity (Wildman–Crippen MR) is 172 cm³/mol. The lowest BCUT2D eigenvalue weighted by Crippen LogP contribution is -2.49. The van der Waals surface area contributed by atoms with Crippen LogP contribution in [-0.4, -0.2) is 54.1 Å². The van der Waals surface area contributed by atoms with Crippen molar-refractivity contribution in [2.24, 2.45) is 5.92 Å². The molecule has 4 N–H and O–H groups in total. The van der Waals surface area contributed by atoms with E-state index in [1.807, 2.05) is 66.7 Å². The Morgan fingerprint density at radius 2 is 1.59 bits per heavy atom. The summed E-state index contributed by atoms with van der Waals surface area (Å²) in [7, 11) is 0. The monoisotopic (exact) mass is 599 g/mol. The van der Waals surface area contributed by atoms with Gasteiger partial charge < -0.3 is 25.8 Å². The van der Waals surface area contributed by atoms with E-state index in [0.29, 0.717) is 24.9 Å². The van der Waals surface area contributed by atoms with Crippen LogP contribution in [0.1, 0.15) is 37.7 Å². The van der Waals surface area contributed by atoms with E-state index in [2.05, 4.69) is 29.1 Å². The van der Waals surface area contributed by atoms with Crippen LogP contribution in [0.2, 0.25) is 0 Å². The summed E-state index contributed by atoms with van der Waals surface area (Å²) in [5, 5.41) is 20.0. The molecule has 9 nitrogen and oxygen atoms in total. The Kier molecular flexibility index (Phi) is 13.8. The van der Waals surface area contributed by atoms with Gasteiger partial charge in [0.25, 0.3) is 5.91 Å². The largest absolute Gasteiger partial charge is 0.463 e. The Morgan fingerprint density at radius 1 is 0.864 bits per heavy atom. The Bertz CT molecular complexity index is 1420. The van der Waals surface area contributed by atoms with Crippen LogP contribution in [0.5, 0.6) is 0 Å². The van der Waals surface area contributed by atoms with E-state index >= 15 is 0 Å². The fraction of sp³-hybridized carbons (Fsp3) is 0.314. The van der Waals surface area contributed by atoms with Gasteiger partial charge in [-0.1, -0.05) is 72.8 Å². The lowest BCUT2D eigenvalue weighted by Gasteiger charge is -2.23. The van der Waals surface area contributed by atoms with Crippen molar-refractivity contribution < 1.29 is 29.0 Å². The van der Waals surface area contributed by atoms with E-state index in [9.17, 15) is 24.3 Å². The van der Waals surface area contributed by atoms with Crippen LogP contribution in [0.3, 0.4) is 0 Å². The highest BCUT2D eigenvalue weighted by Crippen LogP contribution is 2.19. The third kappa shape index (κ3) is 11.1. The average molecular weight is 600 g/mol. The number of fused-ring (bicyclic) bond motifs is 1. The summed E-state index contributed by atoms with van der Waals surface area (Å²) < 4.78 is 5.35. The molecule has 3 aromatic rings. The summed E-state index contributed by atoms with van der Waals surface area (Å²) in [6.07, 6.45) is 4.97. The van der Waals surface area contributed by atoms with Crippen molar-refractivity contribution in [2.45, 2.75) is 50.6 Å². The number of aliphatic hydroxyl groups is 1. The Hall–Kier alpha value is -4.76. The molecule has 0 spiro atoms. The number of hydrogen-bond donors (Lipinski definition) is 4. The summed E-state index contributed by atoms with van der Waals surface area (Å²) in [5.74, 6) is -2.90. The number of nitrogens with one attached hydrogen (secondary N) is 3. The number of anilines is 1. The predicted octanol–water partition coefficient (Wildman–Crippen LogP) is 4.46. The van der Waals surface area contributed by atoms with Crippen LogP contribution < -0.4 is 16.0 Å². The van der Waals surface area contributed by atoms with E-state index in [1.54, 1.807) is 12.1 Å². The maximum atomic E-state index is 13.4. The van der Waals surface area contributed by atoms with Crippen LogP contribution >= 0.6 is 0 Å². The number of aliphatic hydroxyl groups excluding tert-OH is 1. The first-order chi connectivity index (χ1) is 21.3. The molecule has 0 fully saturated rings. The second-order valence-corrected chi connectivity index (χ2v) is 10.5. The average Bonchev–Trinajstić information content (AvgIpc) is 3.02. The second kappa shape index (κ2) is 18.0. The van der Waals surface area contributed by atoms with Crippen LogP contribution in [0.4, 0.5) is 5.69 Å². The molecule has 3 unspecified atom stereocenters. The van der Waals surface area contributed by atoms with E-state index < -0.39 is 41.7 Å². The maximum Gasteiger partial charge on any atom is 0.305 e. The minimum Gasteiger partial charge on any atom is -0.463 e. The molecule has 0 heterocycles. The smallest absolute Gasteiger partial charge is 0.305 e. The van der Waals surface area contributed by atoms with Gasteiger partial charge in [0, 0.05) is 18.5 Å². The van der Waals surface area contributed by atoms with Crippen molar-refractivity contribution in [3.63, 3.8) is 0 Å². The van der Waals surface area contributed by atoms with Gasteiger partial charge in [0.1, 0.15) is 12.6 Å². The molecule has 44 heavy (non-hydrogen) atoms. The molecular weight excluding hydrogens is 558 g/mol. The minimum atomic E-state index is -1.21. The fourth-order valence-corrected chi connectivity index (χ4v) is 4.66. The van der Waals surface area contributed by atoms with Crippen molar-refractivity contribution in [1.82, 2.24) is 10.6 Å². The first kappa shape index (κ1) is 33.7. The van der Waals surface area contributed by atoms with Gasteiger partial charge in [0.2, 0.25) is 11.8 Å². The summed E-state index contributed by atoms with van der Waals surface area (Å²) in [6.45, 7) is 6.69. The second-order valence-electron chi connectivity index (χ2n) is 10.5. The van der Waals surface area contributed by atoms with Crippen molar-refractivity contribution in [2.75, 3.05) is 18.5 Å². The number of carbonyl (C=O) groups is 4. The lowest BCUT2D eigenvalue weighted by molar-refractivity contribution is -0.146. The van der Waals surface area contributed by atoms with Gasteiger partial charge in [-0.2, -0.15) is 0 Å². The number of hydrogen-bond acceptors (Lipinski definition) is 6. The number of rotatable bonds is 18. The Morgan fingerprint density at radius 3 is 2.30 bits per heavy atom. The molecule has 0 aromatic heterocycles. The summed E-state index contributed by atoms with van der Waals surface area (Å²) in [4.78, 5) is 52.0. The molecule has 232 valence electrons. The summed E-state index contributed by atoms with van der Waals surface area (Å²) >= 11 is 0. The highest BCUT2D eigenvalue weighted by molar-refractivity contribution is 5.99. The minimum absolute atomic E-state index is 0.146. The van der Waals surface area contributed by atoms with Gasteiger partial charge in [-0.3, -0.25) is 19.2 Å². The maximum absolute atomic E-state index is 13.4. The Labute approximate surface area is 258 Å². The third-order valence-electron chi connectivity index (χ3n) is 7.01.